The molecule has 0 aromatic heterocycles. The largest absolute Gasteiger partial charge is 0.457 e. The Labute approximate surface area is 114 Å². The van der Waals surface area contributed by atoms with Gasteiger partial charge < -0.3 is 14.8 Å². The third-order valence-electron chi connectivity index (χ3n) is 2.78. The summed E-state index contributed by atoms with van der Waals surface area (Å²) >= 11 is 0. The fraction of sp³-hybridized carbons (Fsp3) is 0.250. The molecule has 1 N–H and O–H groups in total. The van der Waals surface area contributed by atoms with Crippen molar-refractivity contribution >= 4 is 0 Å². The summed E-state index contributed by atoms with van der Waals surface area (Å²) in [6, 6.07) is 16.0. The third-order valence-corrected chi connectivity index (χ3v) is 2.78. The van der Waals surface area contributed by atoms with Gasteiger partial charge in [0.25, 0.3) is 0 Å². The smallest absolute Gasteiger partial charge is 0.131 e. The van der Waals surface area contributed by atoms with Crippen molar-refractivity contribution in [2.45, 2.75) is 13.2 Å². The van der Waals surface area contributed by atoms with Crippen molar-refractivity contribution in [1.82, 2.24) is 5.32 Å². The molecule has 2 rings (SSSR count). The fourth-order valence-corrected chi connectivity index (χ4v) is 1.93. The second-order valence-corrected chi connectivity index (χ2v) is 4.32. The van der Waals surface area contributed by atoms with E-state index < -0.39 is 0 Å². The number of hydrogen-bond donors (Lipinski definition) is 1. The van der Waals surface area contributed by atoms with E-state index in [0.29, 0.717) is 6.61 Å². The molecule has 100 valence electrons. The maximum Gasteiger partial charge on any atom is 0.131 e. The molecule has 0 heterocycles. The summed E-state index contributed by atoms with van der Waals surface area (Å²) in [4.78, 5) is 0. The van der Waals surface area contributed by atoms with Gasteiger partial charge in [0, 0.05) is 19.2 Å². The van der Waals surface area contributed by atoms with Gasteiger partial charge in [-0.15, -0.1) is 0 Å². The Bertz CT molecular complexity index is 526. The molecule has 0 radical (unpaired) electrons. The minimum atomic E-state index is 0.593. The molecule has 3 heteroatoms. The van der Waals surface area contributed by atoms with Crippen LogP contribution in [0.2, 0.25) is 0 Å². The van der Waals surface area contributed by atoms with Crippen LogP contribution in [-0.2, 0) is 17.9 Å². The minimum Gasteiger partial charge on any atom is -0.457 e. The van der Waals surface area contributed by atoms with Crippen LogP contribution in [0.25, 0.3) is 0 Å². The lowest BCUT2D eigenvalue weighted by Crippen LogP contribution is -2.06. The molecular weight excluding hydrogens is 238 g/mol. The fourth-order valence-electron chi connectivity index (χ4n) is 1.93. The van der Waals surface area contributed by atoms with Crippen molar-refractivity contribution in [3.63, 3.8) is 0 Å². The molecule has 0 fully saturated rings. The van der Waals surface area contributed by atoms with Gasteiger partial charge >= 0.3 is 0 Å². The second-order valence-electron chi connectivity index (χ2n) is 4.32. The number of methoxy groups -OCH3 is 1. The summed E-state index contributed by atoms with van der Waals surface area (Å²) in [5.74, 6) is 1.71. The normalized spacial score (nSPS) is 10.4. The molecule has 3 nitrogen and oxygen atoms in total. The first kappa shape index (κ1) is 13.6. The number of rotatable bonds is 6. The zero-order valence-electron chi connectivity index (χ0n) is 11.3. The van der Waals surface area contributed by atoms with Crippen molar-refractivity contribution in [3.8, 4) is 11.5 Å². The van der Waals surface area contributed by atoms with Gasteiger partial charge in [0.2, 0.25) is 0 Å². The zero-order chi connectivity index (χ0) is 13.5. The molecule has 0 atom stereocenters. The highest BCUT2D eigenvalue weighted by Gasteiger charge is 2.04. The van der Waals surface area contributed by atoms with E-state index in [-0.39, 0.29) is 0 Å². The zero-order valence-corrected chi connectivity index (χ0v) is 11.3. The SMILES string of the molecule is CNCc1ccccc1Oc1cccc(COC)c1. The maximum atomic E-state index is 5.95. The molecule has 0 amide bonds. The highest BCUT2D eigenvalue weighted by atomic mass is 16.5. The summed E-state index contributed by atoms with van der Waals surface area (Å²) in [7, 11) is 3.62. The van der Waals surface area contributed by atoms with Gasteiger partial charge in [-0.05, 0) is 30.8 Å². The molecule has 0 bridgehead atoms. The van der Waals surface area contributed by atoms with Crippen LogP contribution < -0.4 is 10.1 Å². The highest BCUT2D eigenvalue weighted by Crippen LogP contribution is 2.25. The van der Waals surface area contributed by atoms with E-state index in [9.17, 15) is 0 Å². The van der Waals surface area contributed by atoms with Gasteiger partial charge in [-0.3, -0.25) is 0 Å². The van der Waals surface area contributed by atoms with E-state index in [0.717, 1.165) is 29.2 Å². The second kappa shape index (κ2) is 6.92. The van der Waals surface area contributed by atoms with Crippen LogP contribution in [-0.4, -0.2) is 14.2 Å². The number of hydrogen-bond acceptors (Lipinski definition) is 3. The van der Waals surface area contributed by atoms with E-state index >= 15 is 0 Å². The summed E-state index contributed by atoms with van der Waals surface area (Å²) < 4.78 is 11.1. The number of ether oxygens (including phenoxy) is 2. The number of nitrogens with one attached hydrogen (secondary N) is 1. The van der Waals surface area contributed by atoms with Crippen LogP contribution >= 0.6 is 0 Å². The quantitative estimate of drug-likeness (QED) is 0.861. The van der Waals surface area contributed by atoms with Crippen LogP contribution in [0.3, 0.4) is 0 Å². The van der Waals surface area contributed by atoms with Crippen LogP contribution in [0.15, 0.2) is 48.5 Å². The minimum absolute atomic E-state index is 0.593. The molecule has 2 aromatic rings. The topological polar surface area (TPSA) is 30.5 Å². The number of para-hydroxylation sites is 1. The predicted octanol–water partition coefficient (Wildman–Crippen LogP) is 3.34. The Morgan fingerprint density at radius 2 is 1.89 bits per heavy atom. The lowest BCUT2D eigenvalue weighted by atomic mass is 10.2. The Morgan fingerprint density at radius 1 is 1.05 bits per heavy atom. The van der Waals surface area contributed by atoms with Crippen LogP contribution in [0.1, 0.15) is 11.1 Å². The first-order chi connectivity index (χ1) is 9.33. The van der Waals surface area contributed by atoms with E-state index in [1.54, 1.807) is 7.11 Å². The van der Waals surface area contributed by atoms with Crippen molar-refractivity contribution < 1.29 is 9.47 Å². The molecular formula is C16H19NO2. The third kappa shape index (κ3) is 3.81. The lowest BCUT2D eigenvalue weighted by molar-refractivity contribution is 0.184. The van der Waals surface area contributed by atoms with E-state index in [4.69, 9.17) is 9.47 Å². The lowest BCUT2D eigenvalue weighted by Gasteiger charge is -2.11. The molecule has 0 unspecified atom stereocenters. The van der Waals surface area contributed by atoms with Crippen molar-refractivity contribution in [1.29, 1.82) is 0 Å². The Balaban J connectivity index is 2.18. The van der Waals surface area contributed by atoms with Crippen LogP contribution in [0, 0.1) is 0 Å². The van der Waals surface area contributed by atoms with Crippen molar-refractivity contribution in [2.24, 2.45) is 0 Å². The van der Waals surface area contributed by atoms with Gasteiger partial charge in [0.05, 0.1) is 6.61 Å². The number of benzene rings is 2. The molecule has 0 aliphatic heterocycles. The van der Waals surface area contributed by atoms with Crippen molar-refractivity contribution in [2.75, 3.05) is 14.2 Å². The van der Waals surface area contributed by atoms with E-state index in [1.165, 1.54) is 0 Å². The average Bonchev–Trinajstić information content (AvgIpc) is 2.42. The summed E-state index contributed by atoms with van der Waals surface area (Å²) in [6.07, 6.45) is 0. The van der Waals surface area contributed by atoms with E-state index in [2.05, 4.69) is 11.4 Å². The summed E-state index contributed by atoms with van der Waals surface area (Å²) in [6.45, 7) is 1.38. The maximum absolute atomic E-state index is 5.95. The van der Waals surface area contributed by atoms with Gasteiger partial charge in [0.15, 0.2) is 0 Å². The Kier molecular flexibility index (Phi) is 4.95. The molecule has 0 spiro atoms. The molecule has 0 aliphatic carbocycles. The van der Waals surface area contributed by atoms with Crippen molar-refractivity contribution in [3.05, 3.63) is 59.7 Å². The highest BCUT2D eigenvalue weighted by molar-refractivity contribution is 5.38. The molecule has 2 aromatic carbocycles. The Hall–Kier alpha value is -1.84. The Morgan fingerprint density at radius 3 is 2.68 bits per heavy atom. The predicted molar refractivity (Wildman–Crippen MR) is 76.4 cm³/mol. The average molecular weight is 257 g/mol. The first-order valence-electron chi connectivity index (χ1n) is 6.31. The van der Waals surface area contributed by atoms with Crippen LogP contribution in [0.5, 0.6) is 11.5 Å². The van der Waals surface area contributed by atoms with Gasteiger partial charge in [-0.2, -0.15) is 0 Å². The summed E-state index contributed by atoms with van der Waals surface area (Å²) in [5.41, 5.74) is 2.24. The van der Waals surface area contributed by atoms with Gasteiger partial charge in [-0.25, -0.2) is 0 Å². The monoisotopic (exact) mass is 257 g/mol. The van der Waals surface area contributed by atoms with Gasteiger partial charge in [0.1, 0.15) is 11.5 Å². The molecule has 19 heavy (non-hydrogen) atoms. The molecule has 0 saturated carbocycles. The molecule has 0 aliphatic rings. The summed E-state index contributed by atoms with van der Waals surface area (Å²) in [5, 5.41) is 3.14. The standard InChI is InChI=1S/C16H19NO2/c1-17-11-14-7-3-4-9-16(14)19-15-8-5-6-13(10-15)12-18-2/h3-10,17H,11-12H2,1-2H3. The first-order valence-corrected chi connectivity index (χ1v) is 6.31. The van der Waals surface area contributed by atoms with Gasteiger partial charge in [-0.1, -0.05) is 30.3 Å². The van der Waals surface area contributed by atoms with Crippen LogP contribution in [0.4, 0.5) is 0 Å². The molecule has 0 saturated heterocycles. The van der Waals surface area contributed by atoms with E-state index in [1.807, 2.05) is 49.5 Å².